The molecule has 1 fully saturated rings. The highest BCUT2D eigenvalue weighted by Crippen LogP contribution is 2.31. The van der Waals surface area contributed by atoms with Crippen molar-refractivity contribution in [2.24, 2.45) is 0 Å². The molecule has 0 spiro atoms. The maximum atomic E-state index is 13.3. The molecular formula is C20H17BrClN3O2S. The quantitative estimate of drug-likeness (QED) is 0.458. The van der Waals surface area contributed by atoms with E-state index in [4.69, 9.17) is 21.3 Å². The Morgan fingerprint density at radius 1 is 1.32 bits per heavy atom. The van der Waals surface area contributed by atoms with E-state index >= 15 is 0 Å². The van der Waals surface area contributed by atoms with Crippen LogP contribution in [0.3, 0.4) is 0 Å². The number of hydrogen-bond donors (Lipinski definition) is 0. The van der Waals surface area contributed by atoms with E-state index in [0.717, 1.165) is 35.2 Å². The molecule has 3 aromatic rings. The van der Waals surface area contributed by atoms with Crippen LogP contribution in [0.25, 0.3) is 11.3 Å². The molecule has 1 aromatic carbocycles. The van der Waals surface area contributed by atoms with Crippen LogP contribution in [0.5, 0.6) is 0 Å². The first-order valence-corrected chi connectivity index (χ1v) is 10.9. The Morgan fingerprint density at radius 2 is 2.14 bits per heavy atom. The van der Waals surface area contributed by atoms with E-state index < -0.39 is 0 Å². The minimum absolute atomic E-state index is 0.000530. The van der Waals surface area contributed by atoms with Crippen molar-refractivity contribution in [2.75, 3.05) is 18.1 Å². The van der Waals surface area contributed by atoms with Crippen LogP contribution in [0.15, 0.2) is 52.4 Å². The van der Waals surface area contributed by atoms with Gasteiger partial charge in [-0.25, -0.2) is 9.97 Å². The van der Waals surface area contributed by atoms with E-state index in [2.05, 4.69) is 20.9 Å². The molecule has 3 heterocycles. The van der Waals surface area contributed by atoms with Gasteiger partial charge >= 0.3 is 0 Å². The summed E-state index contributed by atoms with van der Waals surface area (Å²) in [6.07, 6.45) is 3.50. The molecule has 144 valence electrons. The molecule has 0 bridgehead atoms. The van der Waals surface area contributed by atoms with Gasteiger partial charge in [-0.05, 0) is 37.1 Å². The van der Waals surface area contributed by atoms with Crippen molar-refractivity contribution >= 4 is 49.9 Å². The number of anilines is 1. The summed E-state index contributed by atoms with van der Waals surface area (Å²) in [7, 11) is 0. The number of carbonyl (C=O) groups is 1. The summed E-state index contributed by atoms with van der Waals surface area (Å²) < 4.78 is 6.76. The molecule has 1 unspecified atom stereocenters. The number of ether oxygens (including phenoxy) is 1. The van der Waals surface area contributed by atoms with Gasteiger partial charge in [0.05, 0.1) is 23.9 Å². The first-order chi connectivity index (χ1) is 13.6. The number of carbonyl (C=O) groups excluding carboxylic acids is 1. The number of thiazole rings is 1. The lowest BCUT2D eigenvalue weighted by molar-refractivity contribution is 0.0917. The molecule has 1 aliphatic heterocycles. The van der Waals surface area contributed by atoms with Gasteiger partial charge in [0.1, 0.15) is 5.15 Å². The maximum Gasteiger partial charge on any atom is 0.263 e. The van der Waals surface area contributed by atoms with Crippen LogP contribution < -0.4 is 4.90 Å². The van der Waals surface area contributed by atoms with Gasteiger partial charge in [-0.2, -0.15) is 0 Å². The average Bonchev–Trinajstić information content (AvgIpc) is 3.39. The minimum Gasteiger partial charge on any atom is -0.376 e. The SMILES string of the molecule is O=C(c1cccnc1Cl)N(CC1CCCO1)c1nc(-c2ccc(Br)cc2)cs1. The molecule has 2 aromatic heterocycles. The Balaban J connectivity index is 1.66. The maximum absolute atomic E-state index is 13.3. The van der Waals surface area contributed by atoms with Crippen LogP contribution in [0, 0.1) is 0 Å². The third-order valence-corrected chi connectivity index (χ3v) is 6.20. The molecule has 1 atom stereocenters. The highest BCUT2D eigenvalue weighted by atomic mass is 79.9. The molecule has 0 aliphatic carbocycles. The Kier molecular flexibility index (Phi) is 6.06. The number of hydrogen-bond acceptors (Lipinski definition) is 5. The monoisotopic (exact) mass is 477 g/mol. The van der Waals surface area contributed by atoms with Crippen molar-refractivity contribution < 1.29 is 9.53 Å². The summed E-state index contributed by atoms with van der Waals surface area (Å²) in [5.41, 5.74) is 2.19. The predicted octanol–water partition coefficient (Wildman–Crippen LogP) is 5.45. The molecule has 1 saturated heterocycles. The van der Waals surface area contributed by atoms with Crippen molar-refractivity contribution in [3.63, 3.8) is 0 Å². The van der Waals surface area contributed by atoms with Gasteiger partial charge < -0.3 is 4.74 Å². The highest BCUT2D eigenvalue weighted by Gasteiger charge is 2.28. The highest BCUT2D eigenvalue weighted by molar-refractivity contribution is 9.10. The first-order valence-electron chi connectivity index (χ1n) is 8.87. The average molecular weight is 479 g/mol. The number of aromatic nitrogens is 2. The van der Waals surface area contributed by atoms with Crippen LogP contribution in [0.4, 0.5) is 5.13 Å². The Bertz CT molecular complexity index is 974. The molecule has 0 saturated carbocycles. The third-order valence-electron chi connectivity index (χ3n) is 4.51. The van der Waals surface area contributed by atoms with Crippen LogP contribution in [-0.4, -0.2) is 35.1 Å². The lowest BCUT2D eigenvalue weighted by Crippen LogP contribution is -2.37. The Hall–Kier alpha value is -1.80. The lowest BCUT2D eigenvalue weighted by Gasteiger charge is -2.23. The molecule has 8 heteroatoms. The van der Waals surface area contributed by atoms with Gasteiger partial charge in [0, 0.05) is 28.2 Å². The molecule has 1 amide bonds. The normalized spacial score (nSPS) is 16.3. The fourth-order valence-electron chi connectivity index (χ4n) is 3.07. The third kappa shape index (κ3) is 4.27. The molecule has 5 nitrogen and oxygen atoms in total. The van der Waals surface area contributed by atoms with Crippen molar-refractivity contribution in [3.8, 4) is 11.3 Å². The molecular weight excluding hydrogens is 462 g/mol. The van der Waals surface area contributed by atoms with Crippen LogP contribution >= 0.6 is 38.9 Å². The van der Waals surface area contributed by atoms with E-state index in [1.165, 1.54) is 11.3 Å². The minimum atomic E-state index is -0.217. The summed E-state index contributed by atoms with van der Waals surface area (Å²) in [6, 6.07) is 11.3. The predicted molar refractivity (Wildman–Crippen MR) is 115 cm³/mol. The van der Waals surface area contributed by atoms with E-state index in [1.54, 1.807) is 23.2 Å². The Morgan fingerprint density at radius 3 is 2.86 bits per heavy atom. The fourth-order valence-corrected chi connectivity index (χ4v) is 4.38. The zero-order valence-corrected chi connectivity index (χ0v) is 18.0. The second-order valence-corrected chi connectivity index (χ2v) is 8.53. The molecule has 4 rings (SSSR count). The van der Waals surface area contributed by atoms with Crippen molar-refractivity contribution in [1.82, 2.24) is 9.97 Å². The van der Waals surface area contributed by atoms with Gasteiger partial charge in [0.25, 0.3) is 5.91 Å². The van der Waals surface area contributed by atoms with Gasteiger partial charge in [0.2, 0.25) is 0 Å². The number of benzene rings is 1. The zero-order valence-electron chi connectivity index (χ0n) is 14.8. The van der Waals surface area contributed by atoms with Crippen LogP contribution in [0.2, 0.25) is 5.15 Å². The first kappa shape index (κ1) is 19.5. The van der Waals surface area contributed by atoms with Gasteiger partial charge in [-0.15, -0.1) is 11.3 Å². The largest absolute Gasteiger partial charge is 0.376 e. The van der Waals surface area contributed by atoms with Gasteiger partial charge in [-0.3, -0.25) is 9.69 Å². The molecule has 1 aliphatic rings. The molecule has 0 radical (unpaired) electrons. The van der Waals surface area contributed by atoms with E-state index in [0.29, 0.717) is 17.2 Å². The van der Waals surface area contributed by atoms with E-state index in [-0.39, 0.29) is 17.2 Å². The number of pyridine rings is 1. The summed E-state index contributed by atoms with van der Waals surface area (Å²) >= 11 is 11.0. The summed E-state index contributed by atoms with van der Waals surface area (Å²) in [4.78, 5) is 23.7. The van der Waals surface area contributed by atoms with Crippen molar-refractivity contribution in [2.45, 2.75) is 18.9 Å². The number of halogens is 2. The smallest absolute Gasteiger partial charge is 0.263 e. The Labute approximate surface area is 180 Å². The number of rotatable bonds is 5. The standard InChI is InChI=1S/C20H17BrClN3O2S/c21-14-7-5-13(6-8-14)17-12-28-20(24-17)25(11-15-3-2-10-27-15)19(26)16-4-1-9-23-18(16)22/h1,4-9,12,15H,2-3,10-11H2. The second kappa shape index (κ2) is 8.69. The molecule has 0 N–H and O–H groups in total. The number of nitrogens with zero attached hydrogens (tertiary/aromatic N) is 3. The summed E-state index contributed by atoms with van der Waals surface area (Å²) in [6.45, 7) is 1.17. The summed E-state index contributed by atoms with van der Waals surface area (Å²) in [5.74, 6) is -0.217. The number of amides is 1. The van der Waals surface area contributed by atoms with E-state index in [9.17, 15) is 4.79 Å². The van der Waals surface area contributed by atoms with Crippen molar-refractivity contribution in [3.05, 3.63) is 63.2 Å². The van der Waals surface area contributed by atoms with Gasteiger partial charge in [0.15, 0.2) is 5.13 Å². The zero-order chi connectivity index (χ0) is 19.5. The summed E-state index contributed by atoms with van der Waals surface area (Å²) in [5, 5.41) is 2.77. The van der Waals surface area contributed by atoms with E-state index in [1.807, 2.05) is 29.6 Å². The lowest BCUT2D eigenvalue weighted by atomic mass is 10.2. The topological polar surface area (TPSA) is 55.3 Å². The molecule has 28 heavy (non-hydrogen) atoms. The van der Waals surface area contributed by atoms with Crippen LogP contribution in [0.1, 0.15) is 23.2 Å². The van der Waals surface area contributed by atoms with Crippen molar-refractivity contribution in [1.29, 1.82) is 0 Å². The fraction of sp³-hybridized carbons (Fsp3) is 0.250. The second-order valence-electron chi connectivity index (χ2n) is 6.41. The van der Waals surface area contributed by atoms with Crippen LogP contribution in [-0.2, 0) is 4.74 Å². The van der Waals surface area contributed by atoms with Gasteiger partial charge in [-0.1, -0.05) is 39.7 Å².